The molecule has 0 aliphatic carbocycles. The van der Waals surface area contributed by atoms with E-state index < -0.39 is 41.7 Å². The van der Waals surface area contributed by atoms with Crippen LogP contribution in [0.5, 0.6) is 11.5 Å². The average molecular weight is 484 g/mol. The largest absolute Gasteiger partial charge is 0.465 e. The van der Waals surface area contributed by atoms with E-state index in [2.05, 4.69) is 10.6 Å². The summed E-state index contributed by atoms with van der Waals surface area (Å²) in [5, 5.41) is 14.9. The molecule has 0 bridgehead atoms. The number of carbonyl (C=O) groups is 5. The topological polar surface area (TPSA) is 155 Å². The van der Waals surface area contributed by atoms with Gasteiger partial charge in [0.25, 0.3) is 5.91 Å². The third-order valence-electron chi connectivity index (χ3n) is 5.27. The van der Waals surface area contributed by atoms with Crippen molar-refractivity contribution in [1.29, 1.82) is 0 Å². The molecule has 2 aromatic carbocycles. The van der Waals surface area contributed by atoms with E-state index in [1.54, 1.807) is 30.3 Å². The molecule has 2 aromatic rings. The molecule has 3 N–H and O–H groups in total. The van der Waals surface area contributed by atoms with Crippen molar-refractivity contribution in [3.63, 3.8) is 0 Å². The van der Waals surface area contributed by atoms with E-state index in [9.17, 15) is 29.1 Å². The summed E-state index contributed by atoms with van der Waals surface area (Å²) in [7, 11) is 2.67. The second-order valence-electron chi connectivity index (χ2n) is 7.66. The van der Waals surface area contributed by atoms with Crippen LogP contribution in [0.4, 0.5) is 15.3 Å². The third-order valence-corrected chi connectivity index (χ3v) is 5.27. The Balaban J connectivity index is 2.35. The van der Waals surface area contributed by atoms with E-state index in [1.165, 1.54) is 37.2 Å². The Bertz CT molecular complexity index is 1150. The molecule has 1 aliphatic rings. The van der Waals surface area contributed by atoms with E-state index in [4.69, 9.17) is 9.47 Å². The molecule has 4 amide bonds. The lowest BCUT2D eigenvalue weighted by Crippen LogP contribution is -2.77. The minimum Gasteiger partial charge on any atom is -0.465 e. The summed E-state index contributed by atoms with van der Waals surface area (Å²) in [6.07, 6.45) is -2.85. The molecule has 2 atom stereocenters. The van der Waals surface area contributed by atoms with Gasteiger partial charge in [-0.15, -0.1) is 0 Å². The molecule has 0 aromatic heterocycles. The van der Waals surface area contributed by atoms with Crippen LogP contribution in [-0.2, 0) is 19.9 Å². The predicted molar refractivity (Wildman–Crippen MR) is 122 cm³/mol. The van der Waals surface area contributed by atoms with Crippen LogP contribution < -0.4 is 25.0 Å². The standard InChI is InChI=1S/C23H24N4O8/c1-13(28)34-17-10-15(11-18(12-17)35-14(2)29)23(25-21(31)32)19(24-3)27(16-8-6-5-7-9-16)22(33)26(4)20(23)30/h5-12,19,24-25H,1-4H3,(H,31,32). The highest BCUT2D eigenvalue weighted by molar-refractivity contribution is 6.11. The number of amides is 4. The van der Waals surface area contributed by atoms with Gasteiger partial charge in [0.1, 0.15) is 17.7 Å². The van der Waals surface area contributed by atoms with Crippen LogP contribution in [0.1, 0.15) is 19.4 Å². The van der Waals surface area contributed by atoms with Crippen LogP contribution in [0.25, 0.3) is 0 Å². The number of carbonyl (C=O) groups excluding carboxylic acids is 4. The van der Waals surface area contributed by atoms with Crippen molar-refractivity contribution in [2.45, 2.75) is 25.6 Å². The number of benzene rings is 2. The van der Waals surface area contributed by atoms with Gasteiger partial charge in [-0.05, 0) is 36.9 Å². The predicted octanol–water partition coefficient (Wildman–Crippen LogP) is 1.64. The number of imide groups is 1. The Labute approximate surface area is 200 Å². The van der Waals surface area contributed by atoms with Crippen molar-refractivity contribution < 1.29 is 38.6 Å². The first-order valence-electron chi connectivity index (χ1n) is 10.4. The van der Waals surface area contributed by atoms with Gasteiger partial charge in [-0.3, -0.25) is 34.8 Å². The van der Waals surface area contributed by atoms with Crippen molar-refractivity contribution >= 4 is 35.7 Å². The first kappa shape index (κ1) is 25.2. The summed E-state index contributed by atoms with van der Waals surface area (Å²) in [6.45, 7) is 2.30. The lowest BCUT2D eigenvalue weighted by molar-refractivity contribution is -0.137. The molecular formula is C23H24N4O8. The van der Waals surface area contributed by atoms with Gasteiger partial charge in [-0.1, -0.05) is 18.2 Å². The van der Waals surface area contributed by atoms with Gasteiger partial charge in [-0.2, -0.15) is 0 Å². The third kappa shape index (κ3) is 4.77. The molecule has 1 saturated heterocycles. The van der Waals surface area contributed by atoms with Crippen LogP contribution >= 0.6 is 0 Å². The first-order valence-corrected chi connectivity index (χ1v) is 10.4. The molecule has 12 heteroatoms. The highest BCUT2D eigenvalue weighted by atomic mass is 16.5. The van der Waals surface area contributed by atoms with Gasteiger partial charge in [-0.25, -0.2) is 9.59 Å². The number of nitrogens with one attached hydrogen (secondary N) is 2. The van der Waals surface area contributed by atoms with Crippen LogP contribution in [0, 0.1) is 0 Å². The minimum atomic E-state index is -2.15. The average Bonchev–Trinajstić information content (AvgIpc) is 2.78. The Hall–Kier alpha value is -4.45. The Kier molecular flexibility index (Phi) is 7.06. The van der Waals surface area contributed by atoms with E-state index in [0.29, 0.717) is 5.69 Å². The van der Waals surface area contributed by atoms with Crippen molar-refractivity contribution in [1.82, 2.24) is 15.5 Å². The number of nitrogens with zero attached hydrogens (tertiary/aromatic N) is 2. The summed E-state index contributed by atoms with van der Waals surface area (Å²) in [6, 6.07) is 11.4. The zero-order chi connectivity index (χ0) is 25.9. The maximum Gasteiger partial charge on any atom is 0.405 e. The fraction of sp³-hybridized carbons (Fsp3) is 0.261. The Morgan fingerprint density at radius 3 is 1.97 bits per heavy atom. The molecule has 1 fully saturated rings. The van der Waals surface area contributed by atoms with Crippen molar-refractivity contribution in [2.75, 3.05) is 19.0 Å². The normalized spacial score (nSPS) is 19.8. The number of likely N-dealkylation sites (N-methyl/N-ethyl adjacent to an activating group) is 2. The molecular weight excluding hydrogens is 460 g/mol. The minimum absolute atomic E-state index is 0.0421. The van der Waals surface area contributed by atoms with Crippen molar-refractivity contribution in [3.05, 3.63) is 54.1 Å². The summed E-state index contributed by atoms with van der Waals surface area (Å²) < 4.78 is 10.3. The van der Waals surface area contributed by atoms with Gasteiger partial charge in [0.2, 0.25) is 0 Å². The molecule has 0 spiro atoms. The van der Waals surface area contributed by atoms with E-state index in [-0.39, 0.29) is 17.1 Å². The molecule has 1 aliphatic heterocycles. The quantitative estimate of drug-likeness (QED) is 0.410. The first-order chi connectivity index (χ1) is 16.5. The lowest BCUT2D eigenvalue weighted by Gasteiger charge is -2.50. The zero-order valence-electron chi connectivity index (χ0n) is 19.4. The highest BCUT2D eigenvalue weighted by Gasteiger charge is 2.59. The molecule has 35 heavy (non-hydrogen) atoms. The number of para-hydroxylation sites is 1. The van der Waals surface area contributed by atoms with Gasteiger partial charge in [0.15, 0.2) is 5.54 Å². The highest BCUT2D eigenvalue weighted by Crippen LogP contribution is 2.39. The van der Waals surface area contributed by atoms with Crippen molar-refractivity contribution in [2.24, 2.45) is 0 Å². The number of urea groups is 1. The summed E-state index contributed by atoms with van der Waals surface area (Å²) in [5.41, 5.74) is -1.81. The van der Waals surface area contributed by atoms with E-state index in [0.717, 1.165) is 18.7 Å². The van der Waals surface area contributed by atoms with Crippen molar-refractivity contribution in [3.8, 4) is 11.5 Å². The molecule has 184 valence electrons. The fourth-order valence-electron chi connectivity index (χ4n) is 4.02. The second kappa shape index (κ2) is 9.81. The van der Waals surface area contributed by atoms with E-state index >= 15 is 0 Å². The number of ether oxygens (including phenoxy) is 2. The Morgan fingerprint density at radius 2 is 1.51 bits per heavy atom. The van der Waals surface area contributed by atoms with Gasteiger partial charge in [0, 0.05) is 32.6 Å². The summed E-state index contributed by atoms with van der Waals surface area (Å²) in [4.78, 5) is 64.2. The maximum atomic E-state index is 13.7. The molecule has 0 saturated carbocycles. The van der Waals surface area contributed by atoms with Gasteiger partial charge < -0.3 is 14.6 Å². The van der Waals surface area contributed by atoms with Gasteiger partial charge in [0.05, 0.1) is 0 Å². The number of esters is 2. The van der Waals surface area contributed by atoms with E-state index in [1.807, 2.05) is 0 Å². The zero-order valence-corrected chi connectivity index (χ0v) is 19.4. The number of carboxylic acid groups (broad SMARTS) is 1. The molecule has 3 rings (SSSR count). The molecule has 2 unspecified atom stereocenters. The monoisotopic (exact) mass is 484 g/mol. The van der Waals surface area contributed by atoms with Crippen LogP contribution in [0.3, 0.4) is 0 Å². The molecule has 0 radical (unpaired) electrons. The second-order valence-corrected chi connectivity index (χ2v) is 7.66. The van der Waals surface area contributed by atoms with Crippen LogP contribution in [-0.4, -0.2) is 60.2 Å². The number of hydrogen-bond acceptors (Lipinski definition) is 8. The Morgan fingerprint density at radius 1 is 0.971 bits per heavy atom. The summed E-state index contributed by atoms with van der Waals surface area (Å²) in [5.74, 6) is -2.52. The summed E-state index contributed by atoms with van der Waals surface area (Å²) >= 11 is 0. The lowest BCUT2D eigenvalue weighted by atomic mass is 9.82. The number of anilines is 1. The maximum absolute atomic E-state index is 13.7. The molecule has 1 heterocycles. The number of rotatable bonds is 6. The number of hydrogen-bond donors (Lipinski definition) is 3. The van der Waals surface area contributed by atoms with Crippen LogP contribution in [0.15, 0.2) is 48.5 Å². The smallest absolute Gasteiger partial charge is 0.405 e. The van der Waals surface area contributed by atoms with Gasteiger partial charge >= 0.3 is 24.1 Å². The van der Waals surface area contributed by atoms with Crippen LogP contribution in [0.2, 0.25) is 0 Å². The fourth-order valence-corrected chi connectivity index (χ4v) is 4.02. The SMILES string of the molecule is CNC1N(c2ccccc2)C(=O)N(C)C(=O)C1(NC(=O)O)c1cc(OC(C)=O)cc(OC(C)=O)c1. The molecule has 12 nitrogen and oxygen atoms in total.